The van der Waals surface area contributed by atoms with E-state index in [9.17, 15) is 23.5 Å². The van der Waals surface area contributed by atoms with Gasteiger partial charge in [0, 0.05) is 31.8 Å². The number of morpholine rings is 1. The number of carbonyl (C=O) groups is 1. The first-order chi connectivity index (χ1) is 14.9. The molecule has 0 spiro atoms. The molecule has 11 heteroatoms. The van der Waals surface area contributed by atoms with E-state index in [2.05, 4.69) is 10.2 Å². The van der Waals surface area contributed by atoms with Gasteiger partial charge < -0.3 is 19.3 Å². The summed E-state index contributed by atoms with van der Waals surface area (Å²) in [4.78, 5) is 27.2. The standard InChI is InChI=1S/C20H16F2N4O4S/c21-11-2-1-10(14(22)6-11)5-15-23-24-19(31-15)13-8-25-7-12-9-30-4-3-26(12)20(29)16(25)18(28)17(13)27/h1-2,6,8,12,28H,3-5,7,9H2/t12-/m0/s1. The van der Waals surface area contributed by atoms with Crippen LogP contribution in [0, 0.1) is 11.6 Å². The quantitative estimate of drug-likeness (QED) is 0.659. The van der Waals surface area contributed by atoms with Crippen LogP contribution in [0.15, 0.2) is 29.2 Å². The summed E-state index contributed by atoms with van der Waals surface area (Å²) in [6, 6.07) is 3.09. The fourth-order valence-electron chi connectivity index (χ4n) is 3.87. The van der Waals surface area contributed by atoms with E-state index >= 15 is 0 Å². The molecule has 0 saturated carbocycles. The van der Waals surface area contributed by atoms with E-state index in [1.807, 2.05) is 0 Å². The fraction of sp³-hybridized carbons (Fsp3) is 0.300. The van der Waals surface area contributed by atoms with Crippen LogP contribution in [0.25, 0.3) is 10.6 Å². The van der Waals surface area contributed by atoms with Crippen molar-refractivity contribution in [1.29, 1.82) is 0 Å². The first-order valence-corrected chi connectivity index (χ1v) is 10.4. The molecule has 5 rings (SSSR count). The maximum atomic E-state index is 13.9. The highest BCUT2D eigenvalue weighted by molar-refractivity contribution is 7.14. The average Bonchev–Trinajstić information content (AvgIpc) is 3.21. The van der Waals surface area contributed by atoms with Gasteiger partial charge >= 0.3 is 0 Å². The largest absolute Gasteiger partial charge is 0.503 e. The Morgan fingerprint density at radius 3 is 2.90 bits per heavy atom. The molecule has 1 atom stereocenters. The van der Waals surface area contributed by atoms with Crippen LogP contribution in [0.5, 0.6) is 5.75 Å². The van der Waals surface area contributed by atoms with E-state index < -0.39 is 28.7 Å². The number of aromatic hydroxyl groups is 1. The molecule has 2 aromatic heterocycles. The van der Waals surface area contributed by atoms with Gasteiger partial charge in [0.15, 0.2) is 16.5 Å². The van der Waals surface area contributed by atoms with Crippen LogP contribution in [0.2, 0.25) is 0 Å². The maximum absolute atomic E-state index is 13.9. The molecule has 160 valence electrons. The molecule has 1 saturated heterocycles. The van der Waals surface area contributed by atoms with Crippen LogP contribution in [0.1, 0.15) is 21.1 Å². The highest BCUT2D eigenvalue weighted by Gasteiger charge is 2.37. The zero-order valence-corrected chi connectivity index (χ0v) is 16.9. The lowest BCUT2D eigenvalue weighted by Gasteiger charge is -2.40. The van der Waals surface area contributed by atoms with Crippen molar-refractivity contribution in [2.24, 2.45) is 0 Å². The van der Waals surface area contributed by atoms with Crippen LogP contribution >= 0.6 is 11.3 Å². The Hall–Kier alpha value is -3.18. The molecule has 0 radical (unpaired) electrons. The van der Waals surface area contributed by atoms with Gasteiger partial charge in [-0.05, 0) is 11.6 Å². The van der Waals surface area contributed by atoms with Gasteiger partial charge in [0.25, 0.3) is 5.91 Å². The summed E-state index contributed by atoms with van der Waals surface area (Å²) in [5.41, 5.74) is -0.424. The molecule has 0 unspecified atom stereocenters. The van der Waals surface area contributed by atoms with Crippen LogP contribution in [-0.2, 0) is 17.7 Å². The summed E-state index contributed by atoms with van der Waals surface area (Å²) in [5, 5.41) is 19.2. The van der Waals surface area contributed by atoms with Gasteiger partial charge in [-0.1, -0.05) is 17.4 Å². The molecule has 2 aliphatic rings. The predicted molar refractivity (Wildman–Crippen MR) is 106 cm³/mol. The number of hydrogen-bond donors (Lipinski definition) is 1. The number of ether oxygens (including phenoxy) is 1. The van der Waals surface area contributed by atoms with Crippen molar-refractivity contribution in [1.82, 2.24) is 19.7 Å². The number of rotatable bonds is 3. The molecule has 3 aromatic rings. The van der Waals surface area contributed by atoms with E-state index in [-0.39, 0.29) is 34.3 Å². The van der Waals surface area contributed by atoms with Crippen LogP contribution in [0.4, 0.5) is 8.78 Å². The molecule has 0 aliphatic carbocycles. The van der Waals surface area contributed by atoms with Gasteiger partial charge in [-0.15, -0.1) is 10.2 Å². The van der Waals surface area contributed by atoms with Crippen LogP contribution in [-0.4, -0.2) is 56.5 Å². The lowest BCUT2D eigenvalue weighted by Crippen LogP contribution is -2.54. The Morgan fingerprint density at radius 1 is 1.26 bits per heavy atom. The molecular formula is C20H16F2N4O4S. The minimum Gasteiger partial charge on any atom is -0.503 e. The third-order valence-electron chi connectivity index (χ3n) is 5.41. The number of carbonyl (C=O) groups excluding carboxylic acids is 1. The van der Waals surface area contributed by atoms with E-state index in [1.54, 1.807) is 9.47 Å². The summed E-state index contributed by atoms with van der Waals surface area (Å²) in [6.45, 7) is 1.56. The third kappa shape index (κ3) is 3.39. The molecule has 2 aliphatic heterocycles. The molecule has 1 amide bonds. The number of fused-ring (bicyclic) bond motifs is 2. The SMILES string of the molecule is O=C1c2c(O)c(=O)c(-c3nnc(Cc4ccc(F)cc4F)s3)cn2C[C@H]2COCCN12. The van der Waals surface area contributed by atoms with Gasteiger partial charge in [0.2, 0.25) is 5.43 Å². The zero-order chi connectivity index (χ0) is 21.7. The lowest BCUT2D eigenvalue weighted by atomic mass is 10.1. The lowest BCUT2D eigenvalue weighted by molar-refractivity contribution is -0.0140. The molecule has 1 aromatic carbocycles. The topological polar surface area (TPSA) is 97.5 Å². The minimum atomic E-state index is -0.720. The first-order valence-electron chi connectivity index (χ1n) is 9.54. The number of pyridine rings is 1. The second-order valence-corrected chi connectivity index (χ2v) is 8.42. The number of nitrogens with zero attached hydrogens (tertiary/aromatic N) is 4. The minimum absolute atomic E-state index is 0.0509. The Labute approximate surface area is 178 Å². The van der Waals surface area contributed by atoms with Crippen molar-refractivity contribution < 1.29 is 23.4 Å². The summed E-state index contributed by atoms with van der Waals surface area (Å²) in [5.74, 6) is -2.41. The Morgan fingerprint density at radius 2 is 2.10 bits per heavy atom. The number of benzene rings is 1. The molecular weight excluding hydrogens is 430 g/mol. The van der Waals surface area contributed by atoms with Crippen molar-refractivity contribution in [2.75, 3.05) is 19.8 Å². The summed E-state index contributed by atoms with van der Waals surface area (Å²) in [6.07, 6.45) is 1.57. The molecule has 0 bridgehead atoms. The highest BCUT2D eigenvalue weighted by Crippen LogP contribution is 2.30. The normalized spacial score (nSPS) is 18.1. The summed E-state index contributed by atoms with van der Waals surface area (Å²) >= 11 is 1.06. The Balaban J connectivity index is 1.50. The van der Waals surface area contributed by atoms with Gasteiger partial charge in [-0.2, -0.15) is 0 Å². The number of hydrogen-bond acceptors (Lipinski definition) is 7. The van der Waals surface area contributed by atoms with Crippen molar-refractivity contribution >= 4 is 17.2 Å². The monoisotopic (exact) mass is 446 g/mol. The summed E-state index contributed by atoms with van der Waals surface area (Å²) < 4.78 is 34.0. The number of amides is 1. The fourth-order valence-corrected chi connectivity index (χ4v) is 4.74. The number of halogens is 2. The Bertz CT molecular complexity index is 1260. The Kier molecular flexibility index (Phi) is 4.78. The van der Waals surface area contributed by atoms with E-state index in [0.29, 0.717) is 31.3 Å². The first kappa shape index (κ1) is 19.8. The van der Waals surface area contributed by atoms with Gasteiger partial charge in [-0.3, -0.25) is 9.59 Å². The van der Waals surface area contributed by atoms with Gasteiger partial charge in [0.1, 0.15) is 16.6 Å². The summed E-state index contributed by atoms with van der Waals surface area (Å²) in [7, 11) is 0. The van der Waals surface area contributed by atoms with Crippen LogP contribution in [0.3, 0.4) is 0 Å². The molecule has 1 fully saturated rings. The number of aromatic nitrogens is 3. The second kappa shape index (κ2) is 7.50. The maximum Gasteiger partial charge on any atom is 0.274 e. The molecule has 4 heterocycles. The van der Waals surface area contributed by atoms with Gasteiger partial charge in [-0.25, -0.2) is 8.78 Å². The van der Waals surface area contributed by atoms with Crippen molar-refractivity contribution in [3.63, 3.8) is 0 Å². The van der Waals surface area contributed by atoms with Crippen molar-refractivity contribution in [2.45, 2.75) is 19.0 Å². The third-order valence-corrected chi connectivity index (χ3v) is 6.37. The van der Waals surface area contributed by atoms with E-state index in [4.69, 9.17) is 4.74 Å². The zero-order valence-electron chi connectivity index (χ0n) is 16.0. The van der Waals surface area contributed by atoms with E-state index in [0.717, 1.165) is 23.5 Å². The van der Waals surface area contributed by atoms with Crippen LogP contribution < -0.4 is 5.43 Å². The average molecular weight is 446 g/mol. The van der Waals surface area contributed by atoms with Crippen molar-refractivity contribution in [3.8, 4) is 16.3 Å². The van der Waals surface area contributed by atoms with Gasteiger partial charge in [0.05, 0.1) is 24.8 Å². The molecule has 31 heavy (non-hydrogen) atoms. The predicted octanol–water partition coefficient (Wildman–Crippen LogP) is 1.80. The second-order valence-electron chi connectivity index (χ2n) is 7.36. The highest BCUT2D eigenvalue weighted by atomic mass is 32.1. The molecule has 1 N–H and O–H groups in total. The molecule has 8 nitrogen and oxygen atoms in total. The van der Waals surface area contributed by atoms with E-state index in [1.165, 1.54) is 12.3 Å². The van der Waals surface area contributed by atoms with Crippen molar-refractivity contribution in [3.05, 3.63) is 62.5 Å². The smallest absolute Gasteiger partial charge is 0.274 e.